The fourth-order valence-corrected chi connectivity index (χ4v) is 6.17. The number of halogens is 1. The SMILES string of the molecule is CCN1C2=C(C(=O)CCC2)C(c2cc(Cl)ccc2OCC(=O)Nc2cc(C)ccc2C)C2=C1CCCC2=O. The molecule has 1 aliphatic heterocycles. The van der Waals surface area contributed by atoms with Crippen LogP contribution in [0.1, 0.15) is 68.1 Å². The lowest BCUT2D eigenvalue weighted by atomic mass is 9.70. The van der Waals surface area contributed by atoms with E-state index in [0.717, 1.165) is 53.9 Å². The standard InChI is InChI=1S/C31H33ClN2O4/c1-4-34-23-7-5-9-25(35)30(23)29(31-24(34)8-6-10-26(31)36)21-16-20(32)13-14-27(21)38-17-28(37)33-22-15-18(2)11-12-19(22)3/h11-16,29H,4-10,17H2,1-3H3,(H,33,37). The van der Waals surface area contributed by atoms with Gasteiger partial charge in [0, 0.05) is 64.1 Å². The number of hydrogen-bond donors (Lipinski definition) is 1. The number of allylic oxidation sites excluding steroid dienone is 4. The molecule has 0 aromatic heterocycles. The highest BCUT2D eigenvalue weighted by atomic mass is 35.5. The predicted octanol–water partition coefficient (Wildman–Crippen LogP) is 6.41. The van der Waals surface area contributed by atoms with Gasteiger partial charge in [-0.25, -0.2) is 0 Å². The Labute approximate surface area is 228 Å². The second kappa shape index (κ2) is 10.8. The van der Waals surface area contributed by atoms with Crippen LogP contribution in [0.5, 0.6) is 5.75 Å². The Kier molecular flexibility index (Phi) is 7.44. The number of carbonyl (C=O) groups excluding carboxylic acids is 3. The number of aryl methyl sites for hydroxylation is 2. The van der Waals surface area contributed by atoms with Crippen molar-refractivity contribution in [2.45, 2.75) is 65.2 Å². The zero-order valence-corrected chi connectivity index (χ0v) is 22.9. The fraction of sp³-hybridized carbons (Fsp3) is 0.387. The molecule has 7 heteroatoms. The number of benzene rings is 2. The van der Waals surface area contributed by atoms with Gasteiger partial charge in [-0.05, 0) is 81.8 Å². The smallest absolute Gasteiger partial charge is 0.262 e. The zero-order valence-electron chi connectivity index (χ0n) is 22.2. The molecule has 3 aliphatic rings. The molecule has 0 spiro atoms. The minimum absolute atomic E-state index is 0.0678. The first-order valence-electron chi connectivity index (χ1n) is 13.4. The van der Waals surface area contributed by atoms with Gasteiger partial charge in [0.25, 0.3) is 5.91 Å². The fourth-order valence-electron chi connectivity index (χ4n) is 5.99. The molecule has 2 aromatic carbocycles. The molecule has 2 aromatic rings. The summed E-state index contributed by atoms with van der Waals surface area (Å²) in [6.45, 7) is 6.48. The van der Waals surface area contributed by atoms with E-state index in [0.29, 0.717) is 46.9 Å². The van der Waals surface area contributed by atoms with Crippen LogP contribution in [0.25, 0.3) is 0 Å². The van der Waals surface area contributed by atoms with E-state index in [1.54, 1.807) is 18.2 Å². The number of carbonyl (C=O) groups is 3. The summed E-state index contributed by atoms with van der Waals surface area (Å²) in [5.74, 6) is -0.241. The Morgan fingerprint density at radius 2 is 1.63 bits per heavy atom. The first kappa shape index (κ1) is 26.2. The molecule has 1 N–H and O–H groups in total. The van der Waals surface area contributed by atoms with Gasteiger partial charge in [-0.3, -0.25) is 14.4 Å². The zero-order chi connectivity index (χ0) is 27.0. The molecule has 0 saturated carbocycles. The summed E-state index contributed by atoms with van der Waals surface area (Å²) in [7, 11) is 0. The quantitative estimate of drug-likeness (QED) is 0.465. The van der Waals surface area contributed by atoms with Crippen LogP contribution in [-0.2, 0) is 14.4 Å². The number of nitrogens with one attached hydrogen (secondary N) is 1. The van der Waals surface area contributed by atoms with Crippen molar-refractivity contribution >= 4 is 34.8 Å². The summed E-state index contributed by atoms with van der Waals surface area (Å²) in [6.07, 6.45) is 4.11. The molecule has 0 saturated heterocycles. The molecular formula is C31H33ClN2O4. The van der Waals surface area contributed by atoms with Crippen LogP contribution in [0.4, 0.5) is 5.69 Å². The van der Waals surface area contributed by atoms with E-state index in [-0.39, 0.29) is 24.1 Å². The number of nitrogens with zero attached hydrogens (tertiary/aromatic N) is 1. The highest BCUT2D eigenvalue weighted by molar-refractivity contribution is 6.30. The maximum absolute atomic E-state index is 13.4. The van der Waals surface area contributed by atoms with Gasteiger partial charge >= 0.3 is 0 Å². The highest BCUT2D eigenvalue weighted by Crippen LogP contribution is 2.51. The normalized spacial score (nSPS) is 17.9. The van der Waals surface area contributed by atoms with Crippen LogP contribution in [0, 0.1) is 13.8 Å². The average molecular weight is 533 g/mol. The van der Waals surface area contributed by atoms with Crippen molar-refractivity contribution in [2.24, 2.45) is 0 Å². The Balaban J connectivity index is 1.53. The van der Waals surface area contributed by atoms with Gasteiger partial charge in [-0.15, -0.1) is 0 Å². The van der Waals surface area contributed by atoms with Crippen LogP contribution in [0.2, 0.25) is 5.02 Å². The second-order valence-corrected chi connectivity index (χ2v) is 10.7. The average Bonchev–Trinajstić information content (AvgIpc) is 2.89. The minimum Gasteiger partial charge on any atom is -0.483 e. The maximum atomic E-state index is 13.4. The monoisotopic (exact) mass is 532 g/mol. The Hall–Kier alpha value is -3.38. The number of ether oxygens (including phenoxy) is 1. The molecule has 2 aliphatic carbocycles. The van der Waals surface area contributed by atoms with Crippen molar-refractivity contribution < 1.29 is 19.1 Å². The van der Waals surface area contributed by atoms with Gasteiger partial charge < -0.3 is 15.0 Å². The third-order valence-electron chi connectivity index (χ3n) is 7.71. The van der Waals surface area contributed by atoms with Gasteiger partial charge in [0.1, 0.15) is 5.75 Å². The molecule has 38 heavy (non-hydrogen) atoms. The van der Waals surface area contributed by atoms with E-state index < -0.39 is 5.92 Å². The van der Waals surface area contributed by atoms with Crippen LogP contribution in [0.15, 0.2) is 58.9 Å². The Morgan fingerprint density at radius 1 is 0.974 bits per heavy atom. The van der Waals surface area contributed by atoms with Gasteiger partial charge in [0.05, 0.1) is 0 Å². The molecule has 1 heterocycles. The first-order valence-corrected chi connectivity index (χ1v) is 13.8. The summed E-state index contributed by atoms with van der Waals surface area (Å²) >= 11 is 6.47. The maximum Gasteiger partial charge on any atom is 0.262 e. The van der Waals surface area contributed by atoms with Gasteiger partial charge in [-0.2, -0.15) is 0 Å². The molecular weight excluding hydrogens is 500 g/mol. The predicted molar refractivity (Wildman–Crippen MR) is 148 cm³/mol. The lowest BCUT2D eigenvalue weighted by Crippen LogP contribution is -2.39. The summed E-state index contributed by atoms with van der Waals surface area (Å²) in [6, 6.07) is 11.1. The van der Waals surface area contributed by atoms with E-state index in [1.165, 1.54) is 0 Å². The minimum atomic E-state index is -0.542. The summed E-state index contributed by atoms with van der Waals surface area (Å²) in [4.78, 5) is 41.9. The van der Waals surface area contributed by atoms with Crippen molar-refractivity contribution in [3.8, 4) is 5.75 Å². The number of rotatable bonds is 6. The number of hydrogen-bond acceptors (Lipinski definition) is 5. The van der Waals surface area contributed by atoms with Gasteiger partial charge in [0.2, 0.25) is 0 Å². The van der Waals surface area contributed by atoms with E-state index in [1.807, 2.05) is 32.0 Å². The Bertz CT molecular complexity index is 1350. The van der Waals surface area contributed by atoms with Crippen molar-refractivity contribution in [1.82, 2.24) is 4.90 Å². The van der Waals surface area contributed by atoms with Crippen LogP contribution >= 0.6 is 11.6 Å². The number of ketones is 2. The van der Waals surface area contributed by atoms with E-state index in [9.17, 15) is 14.4 Å². The first-order chi connectivity index (χ1) is 18.3. The van der Waals surface area contributed by atoms with Crippen molar-refractivity contribution in [3.05, 3.63) is 80.7 Å². The molecule has 0 radical (unpaired) electrons. The highest BCUT2D eigenvalue weighted by Gasteiger charge is 2.43. The molecule has 0 atom stereocenters. The van der Waals surface area contributed by atoms with Gasteiger partial charge in [-0.1, -0.05) is 23.7 Å². The van der Waals surface area contributed by atoms with E-state index >= 15 is 0 Å². The number of anilines is 1. The van der Waals surface area contributed by atoms with Crippen molar-refractivity contribution in [2.75, 3.05) is 18.5 Å². The lowest BCUT2D eigenvalue weighted by Gasteiger charge is -2.43. The van der Waals surface area contributed by atoms with E-state index in [2.05, 4.69) is 17.1 Å². The van der Waals surface area contributed by atoms with Gasteiger partial charge in [0.15, 0.2) is 18.2 Å². The topological polar surface area (TPSA) is 75.7 Å². The number of amides is 1. The third-order valence-corrected chi connectivity index (χ3v) is 7.95. The van der Waals surface area contributed by atoms with E-state index in [4.69, 9.17) is 16.3 Å². The molecule has 6 nitrogen and oxygen atoms in total. The van der Waals surface area contributed by atoms with Crippen LogP contribution in [-0.4, -0.2) is 35.5 Å². The molecule has 198 valence electrons. The second-order valence-electron chi connectivity index (χ2n) is 10.3. The molecule has 0 fully saturated rings. The molecule has 0 unspecified atom stereocenters. The Morgan fingerprint density at radius 3 is 2.26 bits per heavy atom. The summed E-state index contributed by atoms with van der Waals surface area (Å²) in [5.41, 5.74) is 6.81. The molecule has 5 rings (SSSR count). The summed E-state index contributed by atoms with van der Waals surface area (Å²) < 4.78 is 6.08. The van der Waals surface area contributed by atoms with Crippen molar-refractivity contribution in [3.63, 3.8) is 0 Å². The lowest BCUT2D eigenvalue weighted by molar-refractivity contribution is -0.119. The van der Waals surface area contributed by atoms with Crippen LogP contribution in [0.3, 0.4) is 0 Å². The third kappa shape index (κ3) is 4.90. The van der Waals surface area contributed by atoms with Crippen molar-refractivity contribution in [1.29, 1.82) is 0 Å². The summed E-state index contributed by atoms with van der Waals surface area (Å²) in [5, 5.41) is 3.41. The number of Topliss-reactive ketones (excluding diaryl/α,β-unsaturated/α-hetero) is 2. The van der Waals surface area contributed by atoms with Crippen LogP contribution < -0.4 is 10.1 Å². The molecule has 0 bridgehead atoms. The largest absolute Gasteiger partial charge is 0.483 e. The molecule has 1 amide bonds.